The first kappa shape index (κ1) is 9.68. The summed E-state index contributed by atoms with van der Waals surface area (Å²) in [6, 6.07) is 2.32. The van der Waals surface area contributed by atoms with Crippen LogP contribution in [-0.4, -0.2) is 45.5 Å². The number of hydrogen-bond donors (Lipinski definition) is 1. The third-order valence-corrected chi connectivity index (χ3v) is 2.89. The Balaban J connectivity index is 1.80. The Morgan fingerprint density at radius 2 is 2.36 bits per heavy atom. The minimum Gasteiger partial charge on any atom is -0.395 e. The third kappa shape index (κ3) is 2.13. The first-order valence-electron chi connectivity index (χ1n) is 5.22. The van der Waals surface area contributed by atoms with Crippen molar-refractivity contribution < 1.29 is 5.11 Å². The molecule has 14 heavy (non-hydrogen) atoms. The van der Waals surface area contributed by atoms with Crippen LogP contribution in [0.15, 0.2) is 18.5 Å². The molecule has 1 fully saturated rings. The van der Waals surface area contributed by atoms with Gasteiger partial charge in [-0.2, -0.15) is 5.10 Å². The van der Waals surface area contributed by atoms with Crippen molar-refractivity contribution in [3.05, 3.63) is 18.5 Å². The van der Waals surface area contributed by atoms with E-state index in [9.17, 15) is 0 Å². The summed E-state index contributed by atoms with van der Waals surface area (Å²) in [5.74, 6) is 0. The van der Waals surface area contributed by atoms with Crippen molar-refractivity contribution in [2.75, 3.05) is 19.7 Å². The smallest absolute Gasteiger partial charge is 0.0586 e. The fourth-order valence-electron chi connectivity index (χ4n) is 2.06. The molecule has 1 aliphatic rings. The summed E-state index contributed by atoms with van der Waals surface area (Å²) in [4.78, 5) is 2.35. The Bertz CT molecular complexity index is 260. The lowest BCUT2D eigenvalue weighted by molar-refractivity contribution is 0.154. The summed E-state index contributed by atoms with van der Waals surface area (Å²) in [7, 11) is 0. The molecule has 1 aliphatic heterocycles. The quantitative estimate of drug-likeness (QED) is 0.753. The number of aliphatic hydroxyl groups is 1. The minimum absolute atomic E-state index is 0.291. The summed E-state index contributed by atoms with van der Waals surface area (Å²) in [6.45, 7) is 3.32. The molecule has 0 aromatic carbocycles. The Morgan fingerprint density at radius 1 is 1.43 bits per heavy atom. The summed E-state index contributed by atoms with van der Waals surface area (Å²) >= 11 is 0. The van der Waals surface area contributed by atoms with Crippen LogP contribution in [0.25, 0.3) is 0 Å². The van der Waals surface area contributed by atoms with E-state index in [1.165, 1.54) is 6.42 Å². The zero-order chi connectivity index (χ0) is 9.80. The van der Waals surface area contributed by atoms with Gasteiger partial charge in [0.05, 0.1) is 13.2 Å². The first-order valence-corrected chi connectivity index (χ1v) is 5.22. The van der Waals surface area contributed by atoms with Crippen molar-refractivity contribution in [1.29, 1.82) is 0 Å². The second-order valence-corrected chi connectivity index (χ2v) is 3.78. The number of likely N-dealkylation sites (tertiary alicyclic amines) is 1. The van der Waals surface area contributed by atoms with Gasteiger partial charge in [-0.05, 0) is 25.5 Å². The van der Waals surface area contributed by atoms with Crippen molar-refractivity contribution in [3.8, 4) is 0 Å². The van der Waals surface area contributed by atoms with Gasteiger partial charge >= 0.3 is 0 Å². The molecule has 0 spiro atoms. The van der Waals surface area contributed by atoms with Crippen molar-refractivity contribution in [1.82, 2.24) is 14.7 Å². The number of hydrogen-bond acceptors (Lipinski definition) is 3. The molecule has 0 aliphatic carbocycles. The molecule has 1 unspecified atom stereocenters. The van der Waals surface area contributed by atoms with Crippen LogP contribution in [0.3, 0.4) is 0 Å². The molecule has 1 aromatic rings. The molecule has 4 heteroatoms. The lowest BCUT2D eigenvalue weighted by Gasteiger charge is -2.22. The van der Waals surface area contributed by atoms with Crippen LogP contribution in [0.2, 0.25) is 0 Å². The summed E-state index contributed by atoms with van der Waals surface area (Å²) in [5.41, 5.74) is 0. The highest BCUT2D eigenvalue weighted by molar-refractivity contribution is 4.81. The Hall–Kier alpha value is -0.870. The average molecular weight is 195 g/mol. The highest BCUT2D eigenvalue weighted by Gasteiger charge is 2.22. The van der Waals surface area contributed by atoms with E-state index in [1.54, 1.807) is 6.20 Å². The summed E-state index contributed by atoms with van der Waals surface area (Å²) in [6.07, 6.45) is 6.12. The molecule has 78 valence electrons. The van der Waals surface area contributed by atoms with Crippen LogP contribution < -0.4 is 0 Å². The van der Waals surface area contributed by atoms with Crippen molar-refractivity contribution in [3.63, 3.8) is 0 Å². The lowest BCUT2D eigenvalue weighted by atomic mass is 10.2. The van der Waals surface area contributed by atoms with Gasteiger partial charge in [0.1, 0.15) is 0 Å². The van der Waals surface area contributed by atoms with Gasteiger partial charge in [-0.3, -0.25) is 9.58 Å². The Labute approximate surface area is 84.1 Å². The number of nitrogens with zero attached hydrogens (tertiary/aromatic N) is 3. The second-order valence-electron chi connectivity index (χ2n) is 3.78. The molecule has 0 bridgehead atoms. The molecule has 1 atom stereocenters. The molecule has 1 N–H and O–H groups in total. The van der Waals surface area contributed by atoms with Crippen molar-refractivity contribution >= 4 is 0 Å². The van der Waals surface area contributed by atoms with Gasteiger partial charge in [0.15, 0.2) is 0 Å². The summed E-state index contributed by atoms with van der Waals surface area (Å²) < 4.78 is 1.94. The normalized spacial score (nSPS) is 23.1. The highest BCUT2D eigenvalue weighted by Crippen LogP contribution is 2.15. The van der Waals surface area contributed by atoms with Crippen molar-refractivity contribution in [2.45, 2.75) is 25.4 Å². The maximum Gasteiger partial charge on any atom is 0.0586 e. The molecule has 4 nitrogen and oxygen atoms in total. The largest absolute Gasteiger partial charge is 0.395 e. The maximum atomic E-state index is 9.13. The molecule has 1 saturated heterocycles. The van der Waals surface area contributed by atoms with Crippen LogP contribution >= 0.6 is 0 Å². The number of aliphatic hydroxyl groups excluding tert-OH is 1. The van der Waals surface area contributed by atoms with Crippen LogP contribution in [-0.2, 0) is 6.54 Å². The monoisotopic (exact) mass is 195 g/mol. The van der Waals surface area contributed by atoms with E-state index in [4.69, 9.17) is 5.11 Å². The molecule has 0 saturated carbocycles. The molecular weight excluding hydrogens is 178 g/mol. The number of rotatable bonds is 4. The van der Waals surface area contributed by atoms with Crippen LogP contribution in [0.5, 0.6) is 0 Å². The maximum absolute atomic E-state index is 9.13. The SMILES string of the molecule is OCC1CCCN1CCn1cccn1. The van der Waals surface area contributed by atoms with Gasteiger partial charge in [0, 0.05) is 25.0 Å². The van der Waals surface area contributed by atoms with Crippen molar-refractivity contribution in [2.24, 2.45) is 0 Å². The predicted octanol–water partition coefficient (Wildman–Crippen LogP) is 0.340. The predicted molar refractivity (Wildman–Crippen MR) is 53.9 cm³/mol. The van der Waals surface area contributed by atoms with Gasteiger partial charge in [0.25, 0.3) is 0 Å². The van der Waals surface area contributed by atoms with Gasteiger partial charge < -0.3 is 5.11 Å². The molecule has 2 rings (SSSR count). The van der Waals surface area contributed by atoms with Crippen LogP contribution in [0.4, 0.5) is 0 Å². The topological polar surface area (TPSA) is 41.3 Å². The van der Waals surface area contributed by atoms with E-state index in [-0.39, 0.29) is 0 Å². The molecule has 2 heterocycles. The minimum atomic E-state index is 0.291. The summed E-state index contributed by atoms with van der Waals surface area (Å²) in [5, 5.41) is 13.3. The van der Waals surface area contributed by atoms with E-state index >= 15 is 0 Å². The lowest BCUT2D eigenvalue weighted by Crippen LogP contribution is -2.34. The Morgan fingerprint density at radius 3 is 3.07 bits per heavy atom. The molecule has 0 amide bonds. The fraction of sp³-hybridized carbons (Fsp3) is 0.700. The zero-order valence-electron chi connectivity index (χ0n) is 8.34. The molecule has 1 aromatic heterocycles. The van der Waals surface area contributed by atoms with E-state index in [2.05, 4.69) is 10.00 Å². The van der Waals surface area contributed by atoms with E-state index in [0.717, 1.165) is 26.1 Å². The first-order chi connectivity index (χ1) is 6.90. The zero-order valence-corrected chi connectivity index (χ0v) is 8.34. The highest BCUT2D eigenvalue weighted by atomic mass is 16.3. The number of aromatic nitrogens is 2. The average Bonchev–Trinajstić information content (AvgIpc) is 2.85. The van der Waals surface area contributed by atoms with Crippen LogP contribution in [0, 0.1) is 0 Å². The Kier molecular flexibility index (Phi) is 3.16. The van der Waals surface area contributed by atoms with E-state index in [1.807, 2.05) is 16.9 Å². The van der Waals surface area contributed by atoms with Gasteiger partial charge in [-0.1, -0.05) is 0 Å². The third-order valence-electron chi connectivity index (χ3n) is 2.89. The van der Waals surface area contributed by atoms with Crippen LogP contribution in [0.1, 0.15) is 12.8 Å². The molecule has 0 radical (unpaired) electrons. The standard InChI is InChI=1S/C10H17N3O/c14-9-10-3-1-5-12(10)7-8-13-6-2-4-11-13/h2,4,6,10,14H,1,3,5,7-9H2. The van der Waals surface area contributed by atoms with Gasteiger partial charge in [-0.15, -0.1) is 0 Å². The fourth-order valence-corrected chi connectivity index (χ4v) is 2.06. The molecular formula is C10H17N3O. The van der Waals surface area contributed by atoms with E-state index in [0.29, 0.717) is 12.6 Å². The second kappa shape index (κ2) is 4.57. The van der Waals surface area contributed by atoms with E-state index < -0.39 is 0 Å². The van der Waals surface area contributed by atoms with Gasteiger partial charge in [-0.25, -0.2) is 0 Å². The van der Waals surface area contributed by atoms with Gasteiger partial charge in [0.2, 0.25) is 0 Å².